The number of carbonyl (C=O) groups is 1. The van der Waals surface area contributed by atoms with Gasteiger partial charge in [0.25, 0.3) is 5.91 Å². The average Bonchev–Trinajstić information content (AvgIpc) is 3.55. The molecule has 2 saturated carbocycles. The van der Waals surface area contributed by atoms with Gasteiger partial charge in [-0.25, -0.2) is 4.98 Å². The number of ether oxygens (including phenoxy) is 1. The van der Waals surface area contributed by atoms with E-state index in [-0.39, 0.29) is 5.91 Å². The molecule has 2 aromatic heterocycles. The number of hydrogen-bond acceptors (Lipinski definition) is 6. The molecule has 8 nitrogen and oxygen atoms in total. The molecule has 3 fully saturated rings. The van der Waals surface area contributed by atoms with E-state index >= 15 is 0 Å². The van der Waals surface area contributed by atoms with Gasteiger partial charge in [0.2, 0.25) is 0 Å². The number of rotatable bonds is 6. The Kier molecular flexibility index (Phi) is 7.18. The topological polar surface area (TPSA) is 107 Å². The van der Waals surface area contributed by atoms with Crippen molar-refractivity contribution in [3.05, 3.63) is 41.6 Å². The quantitative estimate of drug-likeness (QED) is 0.481. The predicted molar refractivity (Wildman–Crippen MR) is 139 cm³/mol. The molecule has 1 aromatic carbocycles. The standard InChI is InChI=1S/C21H24N6O2.C6H12/c1-12-6-14(2-5-16(12)21(28)25-15-3-4-15)17-9-24-27-19(7-18(22)26-20(17)27)23-8-13-10-29-11-13;1-2-4-6-5-3-1/h2,5-7,9,13,15,23H,3-4,8,10-11H2,1H3,(H2,22,26)(H,25,28);1-6H2. The molecule has 0 unspecified atom stereocenters. The number of nitrogens with one attached hydrogen (secondary N) is 2. The maximum absolute atomic E-state index is 12.4. The third-order valence-electron chi connectivity index (χ3n) is 6.97. The predicted octanol–water partition coefficient (Wildman–Crippen LogP) is 4.58. The van der Waals surface area contributed by atoms with Crippen molar-refractivity contribution in [3.63, 3.8) is 0 Å². The lowest BCUT2D eigenvalue weighted by Crippen LogP contribution is -2.33. The minimum absolute atomic E-state index is 0.00903. The smallest absolute Gasteiger partial charge is 0.251 e. The number of aryl methyl sites for hydroxylation is 1. The summed E-state index contributed by atoms with van der Waals surface area (Å²) in [4.78, 5) is 16.9. The van der Waals surface area contributed by atoms with E-state index in [1.807, 2.05) is 25.1 Å². The van der Waals surface area contributed by atoms with E-state index in [0.717, 1.165) is 55.1 Å². The highest BCUT2D eigenvalue weighted by molar-refractivity contribution is 5.97. The van der Waals surface area contributed by atoms with Gasteiger partial charge in [-0.1, -0.05) is 50.7 Å². The molecule has 2 aliphatic carbocycles. The maximum Gasteiger partial charge on any atom is 0.251 e. The molecule has 4 N–H and O–H groups in total. The van der Waals surface area contributed by atoms with E-state index in [9.17, 15) is 4.79 Å². The number of carbonyl (C=O) groups excluding carboxylic acids is 1. The van der Waals surface area contributed by atoms with Crippen molar-refractivity contribution < 1.29 is 9.53 Å². The summed E-state index contributed by atoms with van der Waals surface area (Å²) in [6.45, 7) is 4.31. The Balaban J connectivity index is 0.000000371. The first-order chi connectivity index (χ1) is 17.1. The second kappa shape index (κ2) is 10.6. The molecule has 35 heavy (non-hydrogen) atoms. The third kappa shape index (κ3) is 5.75. The number of nitrogens with two attached hydrogens (primary N) is 1. The zero-order chi connectivity index (χ0) is 24.2. The van der Waals surface area contributed by atoms with Crippen molar-refractivity contribution in [2.45, 2.75) is 64.3 Å². The summed E-state index contributed by atoms with van der Waals surface area (Å²) in [7, 11) is 0. The van der Waals surface area contributed by atoms with Crippen LogP contribution in [0.1, 0.15) is 67.3 Å². The van der Waals surface area contributed by atoms with Crippen LogP contribution in [0.4, 0.5) is 11.6 Å². The fourth-order valence-electron chi connectivity index (χ4n) is 4.60. The molecular formula is C27H36N6O2. The zero-order valence-corrected chi connectivity index (χ0v) is 20.6. The van der Waals surface area contributed by atoms with Gasteiger partial charge < -0.3 is 21.1 Å². The minimum atomic E-state index is -0.00903. The molecule has 1 aliphatic heterocycles. The average molecular weight is 477 g/mol. The van der Waals surface area contributed by atoms with Crippen molar-refractivity contribution in [1.82, 2.24) is 19.9 Å². The second-order valence-corrected chi connectivity index (χ2v) is 10.0. The molecule has 0 spiro atoms. The summed E-state index contributed by atoms with van der Waals surface area (Å²) in [5.41, 5.74) is 10.2. The van der Waals surface area contributed by atoms with Gasteiger partial charge in [-0.05, 0) is 37.0 Å². The molecule has 0 radical (unpaired) electrons. The first kappa shape index (κ1) is 23.6. The molecule has 8 heteroatoms. The van der Waals surface area contributed by atoms with Gasteiger partial charge in [0, 0.05) is 35.7 Å². The second-order valence-electron chi connectivity index (χ2n) is 10.0. The Hall–Kier alpha value is -3.13. The van der Waals surface area contributed by atoms with Gasteiger partial charge in [-0.15, -0.1) is 0 Å². The van der Waals surface area contributed by atoms with E-state index in [2.05, 4.69) is 20.7 Å². The Morgan fingerprint density at radius 2 is 1.83 bits per heavy atom. The number of benzene rings is 1. The van der Waals surface area contributed by atoms with Crippen LogP contribution in [0.2, 0.25) is 0 Å². The SMILES string of the molecule is C1CCCCC1.Cc1cc(-c2cnn3c(NCC4COC4)cc(N)nc23)ccc1C(=O)NC1CC1. The van der Waals surface area contributed by atoms with E-state index in [4.69, 9.17) is 10.5 Å². The molecule has 186 valence electrons. The van der Waals surface area contributed by atoms with Crippen LogP contribution in [-0.2, 0) is 4.74 Å². The molecule has 3 heterocycles. The molecule has 1 amide bonds. The molecule has 3 aromatic rings. The summed E-state index contributed by atoms with van der Waals surface area (Å²) < 4.78 is 7.00. The minimum Gasteiger partial charge on any atom is -0.384 e. The van der Waals surface area contributed by atoms with Crippen molar-refractivity contribution in [2.24, 2.45) is 5.92 Å². The first-order valence-electron chi connectivity index (χ1n) is 13.0. The van der Waals surface area contributed by atoms with Crippen molar-refractivity contribution in [2.75, 3.05) is 30.8 Å². The van der Waals surface area contributed by atoms with Crippen LogP contribution < -0.4 is 16.4 Å². The third-order valence-corrected chi connectivity index (χ3v) is 6.97. The summed E-state index contributed by atoms with van der Waals surface area (Å²) in [6, 6.07) is 7.94. The van der Waals surface area contributed by atoms with E-state index < -0.39 is 0 Å². The molecule has 3 aliphatic rings. The first-order valence-corrected chi connectivity index (χ1v) is 13.0. The molecule has 1 saturated heterocycles. The van der Waals surface area contributed by atoms with Crippen LogP contribution in [-0.4, -0.2) is 46.3 Å². The Labute approximate surface area is 206 Å². The summed E-state index contributed by atoms with van der Waals surface area (Å²) >= 11 is 0. The lowest BCUT2D eigenvalue weighted by Gasteiger charge is -2.26. The highest BCUT2D eigenvalue weighted by Gasteiger charge is 2.24. The van der Waals surface area contributed by atoms with Gasteiger partial charge in [0.1, 0.15) is 11.6 Å². The van der Waals surface area contributed by atoms with Crippen LogP contribution in [0.25, 0.3) is 16.8 Å². The maximum atomic E-state index is 12.4. The number of anilines is 2. The van der Waals surface area contributed by atoms with E-state index in [1.54, 1.807) is 16.8 Å². The van der Waals surface area contributed by atoms with Gasteiger partial charge in [-0.3, -0.25) is 4.79 Å². The lowest BCUT2D eigenvalue weighted by atomic mass is 10.0. The monoisotopic (exact) mass is 476 g/mol. The van der Waals surface area contributed by atoms with Crippen LogP contribution in [0.15, 0.2) is 30.5 Å². The summed E-state index contributed by atoms with van der Waals surface area (Å²) in [6.07, 6.45) is 12.9. The molecule has 0 bridgehead atoms. The lowest BCUT2D eigenvalue weighted by molar-refractivity contribution is -0.0249. The van der Waals surface area contributed by atoms with Gasteiger partial charge in [-0.2, -0.15) is 9.61 Å². The van der Waals surface area contributed by atoms with Crippen LogP contribution in [0, 0.1) is 12.8 Å². The Bertz CT molecular complexity index is 1170. The number of fused-ring (bicyclic) bond motifs is 1. The zero-order valence-electron chi connectivity index (χ0n) is 20.6. The summed E-state index contributed by atoms with van der Waals surface area (Å²) in [5.74, 6) is 1.74. The van der Waals surface area contributed by atoms with Crippen LogP contribution in [0.3, 0.4) is 0 Å². The summed E-state index contributed by atoms with van der Waals surface area (Å²) in [5, 5.41) is 11.0. The van der Waals surface area contributed by atoms with Crippen molar-refractivity contribution >= 4 is 23.2 Å². The van der Waals surface area contributed by atoms with Gasteiger partial charge in [0.05, 0.1) is 19.4 Å². The van der Waals surface area contributed by atoms with Gasteiger partial charge in [0.15, 0.2) is 5.65 Å². The van der Waals surface area contributed by atoms with E-state index in [1.165, 1.54) is 38.5 Å². The Morgan fingerprint density at radius 3 is 2.43 bits per heavy atom. The number of nitrogen functional groups attached to an aromatic ring is 1. The van der Waals surface area contributed by atoms with Crippen LogP contribution in [0.5, 0.6) is 0 Å². The van der Waals surface area contributed by atoms with Gasteiger partial charge >= 0.3 is 0 Å². The number of hydrogen-bond donors (Lipinski definition) is 3. The Morgan fingerprint density at radius 1 is 1.11 bits per heavy atom. The number of aromatic nitrogens is 3. The fourth-order valence-corrected chi connectivity index (χ4v) is 4.60. The van der Waals surface area contributed by atoms with Crippen molar-refractivity contribution in [1.29, 1.82) is 0 Å². The highest BCUT2D eigenvalue weighted by Crippen LogP contribution is 2.29. The fraction of sp³-hybridized carbons (Fsp3) is 0.519. The van der Waals surface area contributed by atoms with Crippen molar-refractivity contribution in [3.8, 4) is 11.1 Å². The van der Waals surface area contributed by atoms with Crippen LogP contribution >= 0.6 is 0 Å². The van der Waals surface area contributed by atoms with E-state index in [0.29, 0.717) is 29.0 Å². The number of amides is 1. The normalized spacial score (nSPS) is 17.9. The number of nitrogens with zero attached hydrogens (tertiary/aromatic N) is 3. The highest BCUT2D eigenvalue weighted by atomic mass is 16.5. The molecule has 6 rings (SSSR count). The molecular weight excluding hydrogens is 440 g/mol. The largest absolute Gasteiger partial charge is 0.384 e. The molecule has 0 atom stereocenters.